The van der Waals surface area contributed by atoms with Crippen molar-refractivity contribution in [1.29, 1.82) is 0 Å². The molecule has 1 amide bonds. The van der Waals surface area contributed by atoms with Gasteiger partial charge in [0.1, 0.15) is 18.9 Å². The summed E-state index contributed by atoms with van der Waals surface area (Å²) >= 11 is 0. The summed E-state index contributed by atoms with van der Waals surface area (Å²) in [5, 5.41) is 17.4. The molecule has 1 saturated carbocycles. The van der Waals surface area contributed by atoms with Crippen molar-refractivity contribution in [3.05, 3.63) is 22.5 Å². The molecule has 1 aromatic heterocycles. The first-order valence-electron chi connectivity index (χ1n) is 6.93. The molecule has 0 radical (unpaired) electrons. The fourth-order valence-electron chi connectivity index (χ4n) is 2.88. The van der Waals surface area contributed by atoms with E-state index in [0.717, 1.165) is 19.0 Å². The highest BCUT2D eigenvalue weighted by Gasteiger charge is 2.28. The Morgan fingerprint density at radius 3 is 2.70 bits per heavy atom. The molecule has 1 aromatic rings. The van der Waals surface area contributed by atoms with Gasteiger partial charge in [0.15, 0.2) is 0 Å². The van der Waals surface area contributed by atoms with E-state index in [4.69, 9.17) is 0 Å². The van der Waals surface area contributed by atoms with Crippen LogP contribution in [0.15, 0.2) is 12.4 Å². The van der Waals surface area contributed by atoms with Crippen LogP contribution in [0.2, 0.25) is 0 Å². The smallest absolute Gasteiger partial charge is 0.307 e. The minimum absolute atomic E-state index is 0.0176. The van der Waals surface area contributed by atoms with E-state index >= 15 is 0 Å². The van der Waals surface area contributed by atoms with Gasteiger partial charge in [-0.2, -0.15) is 5.10 Å². The zero-order chi connectivity index (χ0) is 14.7. The van der Waals surface area contributed by atoms with Crippen molar-refractivity contribution in [1.82, 2.24) is 15.1 Å². The molecule has 2 atom stereocenters. The van der Waals surface area contributed by atoms with Crippen LogP contribution in [-0.4, -0.2) is 26.7 Å². The standard InChI is InChI=1S/C13H20N4O3/c1-9-4-3-5-10(2)13(9)15-12(18)8-16-7-11(6-14-16)17(19)20/h6-7,9-10,13H,3-5,8H2,1-2H3,(H,15,18)/t9-,10-/m1/s1. The quantitative estimate of drug-likeness (QED) is 0.671. The molecule has 1 aliphatic rings. The van der Waals surface area contributed by atoms with E-state index in [0.29, 0.717) is 11.8 Å². The van der Waals surface area contributed by atoms with E-state index in [9.17, 15) is 14.9 Å². The highest BCUT2D eigenvalue weighted by atomic mass is 16.6. The lowest BCUT2D eigenvalue weighted by Gasteiger charge is -2.35. The lowest BCUT2D eigenvalue weighted by molar-refractivity contribution is -0.385. The van der Waals surface area contributed by atoms with Crippen molar-refractivity contribution in [3.63, 3.8) is 0 Å². The zero-order valence-electron chi connectivity index (χ0n) is 11.8. The van der Waals surface area contributed by atoms with Gasteiger partial charge in [0.25, 0.3) is 0 Å². The molecule has 1 aliphatic carbocycles. The number of carbonyl (C=O) groups excluding carboxylic acids is 1. The number of aromatic nitrogens is 2. The number of hydrogen-bond acceptors (Lipinski definition) is 4. The maximum absolute atomic E-state index is 12.0. The summed E-state index contributed by atoms with van der Waals surface area (Å²) in [7, 11) is 0. The Morgan fingerprint density at radius 2 is 2.15 bits per heavy atom. The summed E-state index contributed by atoms with van der Waals surface area (Å²) in [4.78, 5) is 22.0. The first-order chi connectivity index (χ1) is 9.47. The van der Waals surface area contributed by atoms with E-state index in [-0.39, 0.29) is 24.2 Å². The molecule has 0 aromatic carbocycles. The van der Waals surface area contributed by atoms with Crippen molar-refractivity contribution < 1.29 is 9.72 Å². The fourth-order valence-corrected chi connectivity index (χ4v) is 2.88. The normalized spacial score (nSPS) is 23.5. The van der Waals surface area contributed by atoms with Crippen LogP contribution in [0.1, 0.15) is 33.1 Å². The second kappa shape index (κ2) is 6.02. The Hall–Kier alpha value is -1.92. The molecule has 20 heavy (non-hydrogen) atoms. The van der Waals surface area contributed by atoms with Crippen molar-refractivity contribution in [2.24, 2.45) is 11.8 Å². The fraction of sp³-hybridized carbons (Fsp3) is 0.692. The van der Waals surface area contributed by atoms with Gasteiger partial charge in [-0.25, -0.2) is 0 Å². The van der Waals surface area contributed by atoms with Crippen LogP contribution in [0.5, 0.6) is 0 Å². The minimum Gasteiger partial charge on any atom is -0.351 e. The number of nitrogens with one attached hydrogen (secondary N) is 1. The molecule has 2 rings (SSSR count). The van der Waals surface area contributed by atoms with Gasteiger partial charge in [0, 0.05) is 6.04 Å². The topological polar surface area (TPSA) is 90.1 Å². The lowest BCUT2D eigenvalue weighted by atomic mass is 9.79. The van der Waals surface area contributed by atoms with Crippen LogP contribution in [0.25, 0.3) is 0 Å². The van der Waals surface area contributed by atoms with E-state index in [2.05, 4.69) is 24.3 Å². The molecule has 0 unspecified atom stereocenters. The Balaban J connectivity index is 1.92. The van der Waals surface area contributed by atoms with Gasteiger partial charge in [-0.3, -0.25) is 19.6 Å². The molecule has 1 fully saturated rings. The van der Waals surface area contributed by atoms with Crippen LogP contribution >= 0.6 is 0 Å². The predicted molar refractivity (Wildman–Crippen MR) is 73.0 cm³/mol. The van der Waals surface area contributed by atoms with Gasteiger partial charge < -0.3 is 5.32 Å². The van der Waals surface area contributed by atoms with E-state index in [1.54, 1.807) is 0 Å². The third kappa shape index (κ3) is 3.34. The summed E-state index contributed by atoms with van der Waals surface area (Å²) in [6.07, 6.45) is 5.89. The van der Waals surface area contributed by atoms with Gasteiger partial charge in [-0.05, 0) is 24.7 Å². The van der Waals surface area contributed by atoms with Gasteiger partial charge in [-0.1, -0.05) is 20.3 Å². The van der Waals surface area contributed by atoms with Crippen LogP contribution < -0.4 is 5.32 Å². The molecule has 7 nitrogen and oxygen atoms in total. The number of rotatable bonds is 4. The molecule has 0 saturated heterocycles. The third-order valence-electron chi connectivity index (χ3n) is 4.01. The summed E-state index contributed by atoms with van der Waals surface area (Å²) in [5.74, 6) is 0.790. The van der Waals surface area contributed by atoms with Crippen molar-refractivity contribution in [2.45, 2.75) is 45.7 Å². The number of hydrogen-bond donors (Lipinski definition) is 1. The lowest BCUT2D eigenvalue weighted by Crippen LogP contribution is -2.46. The zero-order valence-corrected chi connectivity index (χ0v) is 11.8. The molecule has 0 aliphatic heterocycles. The Kier molecular flexibility index (Phi) is 4.36. The maximum Gasteiger partial charge on any atom is 0.307 e. The van der Waals surface area contributed by atoms with E-state index < -0.39 is 4.92 Å². The average Bonchev–Trinajstić information content (AvgIpc) is 2.82. The molecular weight excluding hydrogens is 260 g/mol. The van der Waals surface area contributed by atoms with Crippen LogP contribution in [-0.2, 0) is 11.3 Å². The first-order valence-corrected chi connectivity index (χ1v) is 6.93. The predicted octanol–water partition coefficient (Wildman–Crippen LogP) is 1.73. The minimum atomic E-state index is -0.521. The molecule has 1 heterocycles. The van der Waals surface area contributed by atoms with Crippen LogP contribution in [0.3, 0.4) is 0 Å². The monoisotopic (exact) mass is 280 g/mol. The highest BCUT2D eigenvalue weighted by Crippen LogP contribution is 2.28. The van der Waals surface area contributed by atoms with E-state index in [1.807, 2.05) is 0 Å². The molecular formula is C13H20N4O3. The molecule has 7 heteroatoms. The van der Waals surface area contributed by atoms with Crippen molar-refractivity contribution >= 4 is 11.6 Å². The van der Waals surface area contributed by atoms with Gasteiger partial charge in [-0.15, -0.1) is 0 Å². The van der Waals surface area contributed by atoms with Crippen molar-refractivity contribution in [3.8, 4) is 0 Å². The summed E-state index contributed by atoms with van der Waals surface area (Å²) in [6.45, 7) is 4.32. The summed E-state index contributed by atoms with van der Waals surface area (Å²) in [6, 6.07) is 0.182. The molecule has 0 spiro atoms. The first kappa shape index (κ1) is 14.5. The van der Waals surface area contributed by atoms with Crippen molar-refractivity contribution in [2.75, 3.05) is 0 Å². The van der Waals surface area contributed by atoms with Crippen LogP contribution in [0.4, 0.5) is 5.69 Å². The highest BCUT2D eigenvalue weighted by molar-refractivity contribution is 5.76. The number of nitrogens with zero attached hydrogens (tertiary/aromatic N) is 3. The van der Waals surface area contributed by atoms with Gasteiger partial charge in [0.2, 0.25) is 5.91 Å². The summed E-state index contributed by atoms with van der Waals surface area (Å²) < 4.78 is 1.30. The Bertz CT molecular complexity index is 490. The SMILES string of the molecule is C[C@@H]1CCC[C@@H](C)C1NC(=O)Cn1cc([N+](=O)[O-])cn1. The molecule has 110 valence electrons. The van der Waals surface area contributed by atoms with Crippen LogP contribution in [0, 0.1) is 22.0 Å². The Labute approximate surface area is 117 Å². The summed E-state index contributed by atoms with van der Waals surface area (Å²) in [5.41, 5.74) is -0.0998. The van der Waals surface area contributed by atoms with Gasteiger partial charge >= 0.3 is 5.69 Å². The number of nitro groups is 1. The number of carbonyl (C=O) groups is 1. The maximum atomic E-state index is 12.0. The van der Waals surface area contributed by atoms with E-state index in [1.165, 1.54) is 17.3 Å². The van der Waals surface area contributed by atoms with Gasteiger partial charge in [0.05, 0.1) is 4.92 Å². The molecule has 1 N–H and O–H groups in total. The average molecular weight is 280 g/mol. The third-order valence-corrected chi connectivity index (χ3v) is 4.01. The molecule has 0 bridgehead atoms. The Morgan fingerprint density at radius 1 is 1.50 bits per heavy atom. The largest absolute Gasteiger partial charge is 0.351 e. The number of amides is 1. The second-order valence-electron chi connectivity index (χ2n) is 5.63. The second-order valence-corrected chi connectivity index (χ2v) is 5.63.